The molecule has 5 heteroatoms. The molecule has 0 amide bonds. The van der Waals surface area contributed by atoms with Gasteiger partial charge in [0.1, 0.15) is 0 Å². The zero-order chi connectivity index (χ0) is 13.1. The molecule has 5 nitrogen and oxygen atoms in total. The van der Waals surface area contributed by atoms with Gasteiger partial charge in [0.2, 0.25) is 5.89 Å². The van der Waals surface area contributed by atoms with Crippen LogP contribution in [-0.4, -0.2) is 39.8 Å². The molecule has 0 bridgehead atoms. The van der Waals surface area contributed by atoms with Gasteiger partial charge >= 0.3 is 0 Å². The van der Waals surface area contributed by atoms with Crippen molar-refractivity contribution in [3.8, 4) is 0 Å². The Morgan fingerprint density at radius 3 is 2.53 bits per heavy atom. The highest BCUT2D eigenvalue weighted by Gasteiger charge is 2.21. The van der Waals surface area contributed by atoms with Gasteiger partial charge in [-0.2, -0.15) is 4.98 Å². The third kappa shape index (κ3) is 4.83. The van der Waals surface area contributed by atoms with Gasteiger partial charge in [0.25, 0.3) is 0 Å². The van der Waals surface area contributed by atoms with Crippen LogP contribution in [0, 0.1) is 0 Å². The largest absolute Gasteiger partial charge is 0.393 e. The zero-order valence-electron chi connectivity index (χ0n) is 11.4. The van der Waals surface area contributed by atoms with Crippen molar-refractivity contribution in [3.63, 3.8) is 0 Å². The molecule has 1 N–H and O–H groups in total. The second-order valence-corrected chi connectivity index (χ2v) is 5.64. The standard InChI is InChI=1S/C12H23N3O2/c1-9(16)6-7-15(5)8-10-13-11(14-17-10)12(2,3)4/h9,16H,6-8H2,1-5H3. The molecule has 0 radical (unpaired) electrons. The van der Waals surface area contributed by atoms with Crippen molar-refractivity contribution in [3.05, 3.63) is 11.7 Å². The topological polar surface area (TPSA) is 62.4 Å². The minimum Gasteiger partial charge on any atom is -0.393 e. The maximum absolute atomic E-state index is 9.20. The molecule has 0 saturated carbocycles. The summed E-state index contributed by atoms with van der Waals surface area (Å²) in [5, 5.41) is 13.2. The van der Waals surface area contributed by atoms with Crippen molar-refractivity contribution in [2.75, 3.05) is 13.6 Å². The van der Waals surface area contributed by atoms with E-state index in [1.807, 2.05) is 7.05 Å². The number of aliphatic hydroxyl groups is 1. The molecule has 0 aromatic carbocycles. The third-order valence-corrected chi connectivity index (χ3v) is 2.47. The highest BCUT2D eigenvalue weighted by atomic mass is 16.5. The molecular weight excluding hydrogens is 218 g/mol. The Morgan fingerprint density at radius 2 is 2.06 bits per heavy atom. The molecular formula is C12H23N3O2. The molecule has 1 rings (SSSR count). The summed E-state index contributed by atoms with van der Waals surface area (Å²) in [7, 11) is 1.98. The average molecular weight is 241 g/mol. The molecule has 0 aliphatic rings. The number of aliphatic hydroxyl groups excluding tert-OH is 1. The van der Waals surface area contributed by atoms with Gasteiger partial charge in [-0.05, 0) is 20.4 Å². The Kier molecular flexibility index (Phi) is 4.65. The van der Waals surface area contributed by atoms with Crippen LogP contribution in [-0.2, 0) is 12.0 Å². The predicted molar refractivity (Wildman–Crippen MR) is 65.6 cm³/mol. The first-order valence-electron chi connectivity index (χ1n) is 5.98. The van der Waals surface area contributed by atoms with Crippen molar-refractivity contribution in [2.24, 2.45) is 0 Å². The smallest absolute Gasteiger partial charge is 0.240 e. The zero-order valence-corrected chi connectivity index (χ0v) is 11.4. The fourth-order valence-electron chi connectivity index (χ4n) is 1.34. The van der Waals surface area contributed by atoms with Gasteiger partial charge in [-0.1, -0.05) is 25.9 Å². The first kappa shape index (κ1) is 14.1. The summed E-state index contributed by atoms with van der Waals surface area (Å²) in [5.41, 5.74) is -0.0834. The highest BCUT2D eigenvalue weighted by Crippen LogP contribution is 2.18. The first-order valence-corrected chi connectivity index (χ1v) is 5.98. The van der Waals surface area contributed by atoms with E-state index in [1.54, 1.807) is 6.92 Å². The van der Waals surface area contributed by atoms with Crippen LogP contribution in [0.1, 0.15) is 45.8 Å². The molecule has 1 heterocycles. The normalized spacial score (nSPS) is 14.3. The molecule has 17 heavy (non-hydrogen) atoms. The second-order valence-electron chi connectivity index (χ2n) is 5.64. The summed E-state index contributed by atoms with van der Waals surface area (Å²) in [6.45, 7) is 9.38. The van der Waals surface area contributed by atoms with Crippen LogP contribution in [0.3, 0.4) is 0 Å². The number of aromatic nitrogens is 2. The molecule has 98 valence electrons. The summed E-state index contributed by atoms with van der Waals surface area (Å²) >= 11 is 0. The lowest BCUT2D eigenvalue weighted by atomic mass is 9.96. The Morgan fingerprint density at radius 1 is 1.41 bits per heavy atom. The van der Waals surface area contributed by atoms with Gasteiger partial charge in [-0.25, -0.2) is 0 Å². The Balaban J connectivity index is 2.49. The lowest BCUT2D eigenvalue weighted by Crippen LogP contribution is -2.22. The molecule has 1 unspecified atom stereocenters. The van der Waals surface area contributed by atoms with Crippen molar-refractivity contribution in [2.45, 2.75) is 52.2 Å². The average Bonchev–Trinajstić information content (AvgIpc) is 2.62. The molecule has 0 saturated heterocycles. The second kappa shape index (κ2) is 5.60. The fourth-order valence-corrected chi connectivity index (χ4v) is 1.34. The van der Waals surface area contributed by atoms with Crippen molar-refractivity contribution in [1.82, 2.24) is 15.0 Å². The van der Waals surface area contributed by atoms with Gasteiger partial charge in [-0.3, -0.25) is 4.90 Å². The summed E-state index contributed by atoms with van der Waals surface area (Å²) in [6, 6.07) is 0. The SMILES string of the molecule is CC(O)CCN(C)Cc1nc(C(C)(C)C)no1. The molecule has 0 aliphatic carbocycles. The molecule has 1 aromatic heterocycles. The van der Waals surface area contributed by atoms with Crippen LogP contribution < -0.4 is 0 Å². The van der Waals surface area contributed by atoms with E-state index in [4.69, 9.17) is 4.52 Å². The molecule has 0 aliphatic heterocycles. The van der Waals surface area contributed by atoms with E-state index in [0.29, 0.717) is 12.4 Å². The Hall–Kier alpha value is -0.940. The van der Waals surface area contributed by atoms with Crippen LogP contribution in [0.2, 0.25) is 0 Å². The van der Waals surface area contributed by atoms with E-state index in [2.05, 4.69) is 35.8 Å². The lowest BCUT2D eigenvalue weighted by Gasteiger charge is -2.15. The number of hydrogen-bond acceptors (Lipinski definition) is 5. The van der Waals surface area contributed by atoms with Gasteiger partial charge in [0.05, 0.1) is 12.6 Å². The summed E-state index contributed by atoms with van der Waals surface area (Å²) in [5.74, 6) is 1.36. The van der Waals surface area contributed by atoms with Gasteiger partial charge in [-0.15, -0.1) is 0 Å². The number of nitrogens with zero attached hydrogens (tertiary/aromatic N) is 3. The molecule has 0 fully saturated rings. The van der Waals surface area contributed by atoms with Gasteiger partial charge in [0.15, 0.2) is 5.82 Å². The van der Waals surface area contributed by atoms with Crippen LogP contribution >= 0.6 is 0 Å². The van der Waals surface area contributed by atoms with E-state index in [9.17, 15) is 5.11 Å². The summed E-state index contributed by atoms with van der Waals surface area (Å²) in [6.07, 6.45) is 0.474. The van der Waals surface area contributed by atoms with Crippen LogP contribution in [0.4, 0.5) is 0 Å². The Bertz CT molecular complexity index is 342. The lowest BCUT2D eigenvalue weighted by molar-refractivity contribution is 0.158. The maximum atomic E-state index is 9.20. The van der Waals surface area contributed by atoms with E-state index in [1.165, 1.54) is 0 Å². The predicted octanol–water partition coefficient (Wildman–Crippen LogP) is 1.57. The molecule has 1 atom stereocenters. The minimum absolute atomic E-state index is 0.0834. The minimum atomic E-state index is -0.273. The third-order valence-electron chi connectivity index (χ3n) is 2.47. The Labute approximate surface area is 103 Å². The van der Waals surface area contributed by atoms with Gasteiger partial charge in [0, 0.05) is 12.0 Å². The van der Waals surface area contributed by atoms with E-state index < -0.39 is 0 Å². The molecule has 0 spiro atoms. The summed E-state index contributed by atoms with van der Waals surface area (Å²) < 4.78 is 5.20. The van der Waals surface area contributed by atoms with Crippen molar-refractivity contribution in [1.29, 1.82) is 0 Å². The quantitative estimate of drug-likeness (QED) is 0.847. The summed E-state index contributed by atoms with van der Waals surface area (Å²) in [4.78, 5) is 6.43. The van der Waals surface area contributed by atoms with Crippen molar-refractivity contribution >= 4 is 0 Å². The van der Waals surface area contributed by atoms with Crippen molar-refractivity contribution < 1.29 is 9.63 Å². The van der Waals surface area contributed by atoms with Gasteiger partial charge < -0.3 is 9.63 Å². The van der Waals surface area contributed by atoms with Crippen LogP contribution in [0.15, 0.2) is 4.52 Å². The first-order chi connectivity index (χ1) is 7.79. The van der Waals surface area contributed by atoms with E-state index in [-0.39, 0.29) is 11.5 Å². The molecule has 1 aromatic rings. The van der Waals surface area contributed by atoms with E-state index >= 15 is 0 Å². The van der Waals surface area contributed by atoms with Crippen LogP contribution in [0.25, 0.3) is 0 Å². The van der Waals surface area contributed by atoms with Crippen LogP contribution in [0.5, 0.6) is 0 Å². The fraction of sp³-hybridized carbons (Fsp3) is 0.833. The monoisotopic (exact) mass is 241 g/mol. The highest BCUT2D eigenvalue weighted by molar-refractivity contribution is 4.99. The number of hydrogen-bond donors (Lipinski definition) is 1. The number of rotatable bonds is 5. The van der Waals surface area contributed by atoms with E-state index in [0.717, 1.165) is 18.8 Å². The maximum Gasteiger partial charge on any atom is 0.240 e.